The van der Waals surface area contributed by atoms with Crippen LogP contribution in [0.3, 0.4) is 0 Å². The van der Waals surface area contributed by atoms with Gasteiger partial charge in [0.1, 0.15) is 13.2 Å². The molecule has 1 aromatic carbocycles. The van der Waals surface area contributed by atoms with Gasteiger partial charge in [-0.05, 0) is 36.5 Å². The zero-order valence-electron chi connectivity index (χ0n) is 11.0. The summed E-state index contributed by atoms with van der Waals surface area (Å²) in [4.78, 5) is 0. The molecule has 1 aliphatic carbocycles. The van der Waals surface area contributed by atoms with Crippen LogP contribution in [0.25, 0.3) is 0 Å². The Labute approximate surface area is 113 Å². The van der Waals surface area contributed by atoms with Gasteiger partial charge in [-0.3, -0.25) is 0 Å². The van der Waals surface area contributed by atoms with Crippen molar-refractivity contribution < 1.29 is 14.6 Å². The molecule has 0 aromatic heterocycles. The summed E-state index contributed by atoms with van der Waals surface area (Å²) in [5, 5.41) is 10.4. The Bertz CT molecular complexity index is 443. The number of hydrogen-bond acceptors (Lipinski definition) is 4. The molecule has 19 heavy (non-hydrogen) atoms. The van der Waals surface area contributed by atoms with Gasteiger partial charge >= 0.3 is 0 Å². The van der Waals surface area contributed by atoms with Gasteiger partial charge in [0, 0.05) is 0 Å². The molecule has 0 saturated heterocycles. The first-order valence-corrected chi connectivity index (χ1v) is 7.09. The highest BCUT2D eigenvalue weighted by molar-refractivity contribution is 5.44. The van der Waals surface area contributed by atoms with Crippen molar-refractivity contribution in [3.05, 3.63) is 23.8 Å². The van der Waals surface area contributed by atoms with Gasteiger partial charge in [0.15, 0.2) is 11.5 Å². The third-order valence-electron chi connectivity index (χ3n) is 4.20. The predicted octanol–water partition coefficient (Wildman–Crippen LogP) is 2.01. The van der Waals surface area contributed by atoms with Crippen molar-refractivity contribution in [2.45, 2.75) is 37.8 Å². The van der Waals surface area contributed by atoms with E-state index in [-0.39, 0.29) is 6.04 Å². The number of rotatable bonds is 3. The van der Waals surface area contributed by atoms with Crippen LogP contribution < -0.4 is 15.2 Å². The van der Waals surface area contributed by atoms with Crippen LogP contribution in [0.4, 0.5) is 0 Å². The van der Waals surface area contributed by atoms with Gasteiger partial charge in [-0.25, -0.2) is 0 Å². The normalized spacial score (nSPS) is 22.2. The van der Waals surface area contributed by atoms with Crippen LogP contribution in [-0.4, -0.2) is 24.4 Å². The highest BCUT2D eigenvalue weighted by Gasteiger charge is 2.29. The Morgan fingerprint density at radius 2 is 1.79 bits per heavy atom. The summed E-state index contributed by atoms with van der Waals surface area (Å²) in [7, 11) is 0. The molecule has 1 fully saturated rings. The van der Waals surface area contributed by atoms with Crippen LogP contribution in [0.15, 0.2) is 18.2 Å². The van der Waals surface area contributed by atoms with Crippen molar-refractivity contribution in [1.82, 2.24) is 0 Å². The standard InChI is InChI=1S/C15H21NO3/c16-14(15(17)10-3-1-2-4-10)11-5-6-12-13(9-11)19-8-7-18-12/h5-6,9-10,14-15,17H,1-4,7-8,16H2/t14-,15+/m1/s1. The average Bonchev–Trinajstić information content (AvgIpc) is 2.99. The number of benzene rings is 1. The lowest BCUT2D eigenvalue weighted by molar-refractivity contribution is 0.0842. The maximum absolute atomic E-state index is 10.4. The molecule has 3 N–H and O–H groups in total. The van der Waals surface area contributed by atoms with Crippen molar-refractivity contribution in [3.8, 4) is 11.5 Å². The molecule has 1 aliphatic heterocycles. The molecule has 0 bridgehead atoms. The Morgan fingerprint density at radius 1 is 1.11 bits per heavy atom. The summed E-state index contributed by atoms with van der Waals surface area (Å²) in [5.41, 5.74) is 7.13. The molecule has 1 saturated carbocycles. The Kier molecular flexibility index (Phi) is 3.62. The summed E-state index contributed by atoms with van der Waals surface area (Å²) in [5.74, 6) is 1.83. The van der Waals surface area contributed by atoms with Gasteiger partial charge in [-0.1, -0.05) is 18.9 Å². The largest absolute Gasteiger partial charge is 0.486 e. The minimum atomic E-state index is -0.468. The number of nitrogens with two attached hydrogens (primary N) is 1. The number of ether oxygens (including phenoxy) is 2. The van der Waals surface area contributed by atoms with Crippen LogP contribution in [0.5, 0.6) is 11.5 Å². The molecule has 1 aromatic rings. The summed E-state index contributed by atoms with van der Waals surface area (Å²) in [6.45, 7) is 1.15. The van der Waals surface area contributed by atoms with Crippen molar-refractivity contribution in [1.29, 1.82) is 0 Å². The van der Waals surface area contributed by atoms with Crippen LogP contribution in [0, 0.1) is 5.92 Å². The van der Waals surface area contributed by atoms with Gasteiger partial charge in [0.05, 0.1) is 12.1 Å². The molecule has 1 heterocycles. The zero-order chi connectivity index (χ0) is 13.2. The van der Waals surface area contributed by atoms with E-state index in [0.717, 1.165) is 29.9 Å². The van der Waals surface area contributed by atoms with E-state index in [0.29, 0.717) is 19.1 Å². The van der Waals surface area contributed by atoms with Crippen molar-refractivity contribution in [2.75, 3.05) is 13.2 Å². The lowest BCUT2D eigenvalue weighted by Crippen LogP contribution is -2.32. The van der Waals surface area contributed by atoms with E-state index in [2.05, 4.69) is 0 Å². The van der Waals surface area contributed by atoms with Crippen molar-refractivity contribution in [2.24, 2.45) is 11.7 Å². The second-order valence-electron chi connectivity index (χ2n) is 5.46. The first kappa shape index (κ1) is 12.8. The number of hydrogen-bond donors (Lipinski definition) is 2. The van der Waals surface area contributed by atoms with Crippen LogP contribution >= 0.6 is 0 Å². The van der Waals surface area contributed by atoms with Crippen LogP contribution in [-0.2, 0) is 0 Å². The van der Waals surface area contributed by atoms with Crippen LogP contribution in [0.2, 0.25) is 0 Å². The molecular weight excluding hydrogens is 242 g/mol. The molecule has 4 heteroatoms. The molecular formula is C15H21NO3. The lowest BCUT2D eigenvalue weighted by Gasteiger charge is -2.26. The van der Waals surface area contributed by atoms with E-state index in [1.807, 2.05) is 18.2 Å². The van der Waals surface area contributed by atoms with E-state index in [1.165, 1.54) is 12.8 Å². The minimum absolute atomic E-state index is 0.336. The summed E-state index contributed by atoms with van der Waals surface area (Å²) in [6.07, 6.45) is 4.11. The topological polar surface area (TPSA) is 64.7 Å². The van der Waals surface area contributed by atoms with Gasteiger partial charge in [-0.15, -0.1) is 0 Å². The fourth-order valence-electron chi connectivity index (χ4n) is 3.06. The fraction of sp³-hybridized carbons (Fsp3) is 0.600. The number of aliphatic hydroxyl groups excluding tert-OH is 1. The molecule has 0 spiro atoms. The first-order valence-electron chi connectivity index (χ1n) is 7.09. The second-order valence-corrected chi connectivity index (χ2v) is 5.46. The Balaban J connectivity index is 1.77. The first-order chi connectivity index (χ1) is 9.25. The van der Waals surface area contributed by atoms with E-state index in [9.17, 15) is 5.11 Å². The van der Waals surface area contributed by atoms with E-state index >= 15 is 0 Å². The maximum Gasteiger partial charge on any atom is 0.161 e. The molecule has 3 rings (SSSR count). The number of fused-ring (bicyclic) bond motifs is 1. The summed E-state index contributed by atoms with van der Waals surface area (Å²) < 4.78 is 11.0. The molecule has 0 radical (unpaired) electrons. The summed E-state index contributed by atoms with van der Waals surface area (Å²) >= 11 is 0. The Morgan fingerprint density at radius 3 is 2.53 bits per heavy atom. The monoisotopic (exact) mass is 263 g/mol. The van der Waals surface area contributed by atoms with Crippen molar-refractivity contribution in [3.63, 3.8) is 0 Å². The SMILES string of the molecule is N[C@H](c1ccc2c(c1)OCCO2)[C@@H](O)C1CCCC1. The highest BCUT2D eigenvalue weighted by atomic mass is 16.6. The molecule has 2 aliphatic rings. The summed E-state index contributed by atoms with van der Waals surface area (Å²) in [6, 6.07) is 5.36. The third-order valence-corrected chi connectivity index (χ3v) is 4.20. The second kappa shape index (κ2) is 5.39. The highest BCUT2D eigenvalue weighted by Crippen LogP contribution is 2.36. The van der Waals surface area contributed by atoms with E-state index in [4.69, 9.17) is 15.2 Å². The molecule has 0 unspecified atom stereocenters. The average molecular weight is 263 g/mol. The van der Waals surface area contributed by atoms with E-state index in [1.54, 1.807) is 0 Å². The molecule has 4 nitrogen and oxygen atoms in total. The smallest absolute Gasteiger partial charge is 0.161 e. The number of aliphatic hydroxyl groups is 1. The van der Waals surface area contributed by atoms with Gasteiger partial charge < -0.3 is 20.3 Å². The Hall–Kier alpha value is -1.26. The zero-order valence-corrected chi connectivity index (χ0v) is 11.0. The van der Waals surface area contributed by atoms with E-state index < -0.39 is 6.10 Å². The van der Waals surface area contributed by atoms with Crippen LogP contribution in [0.1, 0.15) is 37.3 Å². The predicted molar refractivity (Wildman–Crippen MR) is 72.3 cm³/mol. The quantitative estimate of drug-likeness (QED) is 0.875. The maximum atomic E-state index is 10.4. The minimum Gasteiger partial charge on any atom is -0.486 e. The van der Waals surface area contributed by atoms with Gasteiger partial charge in [-0.2, -0.15) is 0 Å². The van der Waals surface area contributed by atoms with Crippen molar-refractivity contribution >= 4 is 0 Å². The molecule has 2 atom stereocenters. The molecule has 0 amide bonds. The lowest BCUT2D eigenvalue weighted by atomic mass is 9.91. The third kappa shape index (κ3) is 2.55. The van der Waals surface area contributed by atoms with Gasteiger partial charge in [0.25, 0.3) is 0 Å². The van der Waals surface area contributed by atoms with Gasteiger partial charge in [0.2, 0.25) is 0 Å². The molecule has 104 valence electrons. The fourth-order valence-corrected chi connectivity index (χ4v) is 3.06.